The highest BCUT2D eigenvalue weighted by atomic mass is 32.9. The Labute approximate surface area is 164 Å². The maximum absolute atomic E-state index is 5.32. The Balaban J connectivity index is 2.69. The SMILES string of the molecule is COc1ccc(-n2/c(=N/C(=S)N(C)C)ss/c2=N\C(=S)N(C)C)cc1. The summed E-state index contributed by atoms with van der Waals surface area (Å²) >= 11 is 10.6. The molecule has 0 spiro atoms. The monoisotopic (exact) mass is 413 g/mol. The Morgan fingerprint density at radius 1 is 0.920 bits per heavy atom. The maximum atomic E-state index is 5.32. The summed E-state index contributed by atoms with van der Waals surface area (Å²) in [6, 6.07) is 7.70. The summed E-state index contributed by atoms with van der Waals surface area (Å²) in [6.07, 6.45) is 0. The first-order valence-electron chi connectivity index (χ1n) is 7.22. The van der Waals surface area contributed by atoms with Gasteiger partial charge in [0, 0.05) is 28.2 Å². The van der Waals surface area contributed by atoms with E-state index in [4.69, 9.17) is 29.2 Å². The van der Waals surface area contributed by atoms with Crippen LogP contribution in [0.4, 0.5) is 0 Å². The van der Waals surface area contributed by atoms with E-state index in [1.165, 1.54) is 20.7 Å². The van der Waals surface area contributed by atoms with E-state index >= 15 is 0 Å². The Bertz CT molecular complexity index is 840. The molecule has 25 heavy (non-hydrogen) atoms. The highest BCUT2D eigenvalue weighted by molar-refractivity contribution is 7.80. The second-order valence-corrected chi connectivity index (χ2v) is 8.14. The van der Waals surface area contributed by atoms with Crippen molar-refractivity contribution in [1.82, 2.24) is 14.4 Å². The predicted molar refractivity (Wildman–Crippen MR) is 112 cm³/mol. The molecule has 0 saturated carbocycles. The van der Waals surface area contributed by atoms with Crippen molar-refractivity contribution >= 4 is 55.3 Å². The molecular weight excluding hydrogens is 394 g/mol. The summed E-state index contributed by atoms with van der Waals surface area (Å²) in [5, 5.41) is 0.996. The van der Waals surface area contributed by atoms with Gasteiger partial charge in [-0.2, -0.15) is 9.98 Å². The number of hydrogen-bond donors (Lipinski definition) is 0. The zero-order valence-corrected chi connectivity index (χ0v) is 17.9. The van der Waals surface area contributed by atoms with E-state index in [-0.39, 0.29) is 0 Å². The number of rotatable bonds is 2. The van der Waals surface area contributed by atoms with E-state index in [0.29, 0.717) is 10.2 Å². The van der Waals surface area contributed by atoms with Gasteiger partial charge in [-0.1, -0.05) is 0 Å². The van der Waals surface area contributed by atoms with Crippen LogP contribution < -0.4 is 14.3 Å². The molecule has 0 aliphatic heterocycles. The van der Waals surface area contributed by atoms with E-state index in [0.717, 1.165) is 21.0 Å². The smallest absolute Gasteiger partial charge is 0.209 e. The van der Waals surface area contributed by atoms with E-state index < -0.39 is 0 Å². The van der Waals surface area contributed by atoms with E-state index in [2.05, 4.69) is 9.98 Å². The Hall–Kier alpha value is -1.62. The molecule has 2 rings (SSSR count). The van der Waals surface area contributed by atoms with Gasteiger partial charge in [-0.15, -0.1) is 0 Å². The molecular formula is C15H19N5OS4. The molecule has 0 aliphatic carbocycles. The molecule has 0 amide bonds. The van der Waals surface area contributed by atoms with Crippen LogP contribution in [-0.4, -0.2) is 59.9 Å². The fourth-order valence-electron chi connectivity index (χ4n) is 1.68. The van der Waals surface area contributed by atoms with E-state index in [1.54, 1.807) is 16.9 Å². The first-order chi connectivity index (χ1) is 11.8. The standard InChI is InChI=1S/C15H19N5OS4/c1-18(2)12(22)16-14-20(10-6-8-11(21-5)9-7-10)15(25-24-14)17-13(23)19(3)4/h6-9H,1-5H3/b16-14-,17-15-. The minimum Gasteiger partial charge on any atom is -0.497 e. The maximum Gasteiger partial charge on any atom is 0.209 e. The first kappa shape index (κ1) is 19.7. The van der Waals surface area contributed by atoms with Crippen LogP contribution in [0.1, 0.15) is 0 Å². The fraction of sp³-hybridized carbons (Fsp3) is 0.333. The van der Waals surface area contributed by atoms with Crippen LogP contribution in [-0.2, 0) is 0 Å². The van der Waals surface area contributed by atoms with Crippen molar-refractivity contribution < 1.29 is 4.74 Å². The lowest BCUT2D eigenvalue weighted by Gasteiger charge is -2.10. The number of nitrogens with zero attached hydrogens (tertiary/aromatic N) is 5. The van der Waals surface area contributed by atoms with Crippen molar-refractivity contribution in [2.75, 3.05) is 35.3 Å². The molecule has 0 fully saturated rings. The summed E-state index contributed by atoms with van der Waals surface area (Å²) in [5.41, 5.74) is 0.916. The molecule has 0 unspecified atom stereocenters. The van der Waals surface area contributed by atoms with Crippen molar-refractivity contribution in [2.24, 2.45) is 9.98 Å². The Morgan fingerprint density at radius 2 is 1.36 bits per heavy atom. The summed E-state index contributed by atoms with van der Waals surface area (Å²) in [6.45, 7) is 0. The van der Waals surface area contributed by atoms with Crippen LogP contribution in [0, 0.1) is 0 Å². The molecule has 0 aliphatic rings. The van der Waals surface area contributed by atoms with E-state index in [1.807, 2.05) is 57.0 Å². The molecule has 10 heteroatoms. The van der Waals surface area contributed by atoms with Gasteiger partial charge in [0.25, 0.3) is 0 Å². The number of ether oxygens (including phenoxy) is 1. The number of thiocarbonyl (C=S) groups is 2. The number of benzene rings is 1. The number of hydrogen-bond acceptors (Lipinski definition) is 5. The van der Waals surface area contributed by atoms with Gasteiger partial charge in [0.05, 0.1) is 12.8 Å². The zero-order chi connectivity index (χ0) is 18.6. The third kappa shape index (κ3) is 4.94. The minimum absolute atomic E-state index is 0.498. The average Bonchev–Trinajstić information content (AvgIpc) is 2.96. The summed E-state index contributed by atoms with van der Waals surface area (Å²) in [7, 11) is 12.1. The van der Waals surface area contributed by atoms with Crippen molar-refractivity contribution in [3.05, 3.63) is 33.9 Å². The van der Waals surface area contributed by atoms with Gasteiger partial charge in [0.2, 0.25) is 9.60 Å². The molecule has 1 aromatic carbocycles. The molecule has 0 atom stereocenters. The van der Waals surface area contributed by atoms with Crippen LogP contribution in [0.5, 0.6) is 5.75 Å². The summed E-state index contributed by atoms with van der Waals surface area (Å²) in [5.74, 6) is 0.785. The van der Waals surface area contributed by atoms with Crippen molar-refractivity contribution in [1.29, 1.82) is 0 Å². The summed E-state index contributed by atoms with van der Waals surface area (Å²) < 4.78 is 7.18. The lowest BCUT2D eigenvalue weighted by molar-refractivity contribution is 0.414. The number of aromatic nitrogens is 1. The van der Waals surface area contributed by atoms with Gasteiger partial charge >= 0.3 is 0 Å². The van der Waals surface area contributed by atoms with Gasteiger partial charge in [0.1, 0.15) is 5.75 Å². The largest absolute Gasteiger partial charge is 0.497 e. The third-order valence-electron chi connectivity index (χ3n) is 3.05. The molecule has 1 heterocycles. The fourth-order valence-corrected chi connectivity index (χ4v) is 4.08. The van der Waals surface area contributed by atoms with Crippen molar-refractivity contribution in [3.8, 4) is 11.4 Å². The van der Waals surface area contributed by atoms with Crippen LogP contribution in [0.2, 0.25) is 0 Å². The third-order valence-corrected chi connectivity index (χ3v) is 6.04. The van der Waals surface area contributed by atoms with Crippen LogP contribution in [0.3, 0.4) is 0 Å². The predicted octanol–water partition coefficient (Wildman–Crippen LogP) is 2.10. The Kier molecular flexibility index (Phi) is 6.82. The topological polar surface area (TPSA) is 45.4 Å². The first-order valence-corrected chi connectivity index (χ1v) is 10.2. The van der Waals surface area contributed by atoms with Gasteiger partial charge in [-0.05, 0) is 69.4 Å². The molecule has 0 saturated heterocycles. The molecule has 134 valence electrons. The van der Waals surface area contributed by atoms with Crippen molar-refractivity contribution in [2.45, 2.75) is 0 Å². The average molecular weight is 414 g/mol. The molecule has 0 N–H and O–H groups in total. The Morgan fingerprint density at radius 3 is 1.72 bits per heavy atom. The lowest BCUT2D eigenvalue weighted by Crippen LogP contribution is -2.29. The molecule has 2 aromatic rings. The van der Waals surface area contributed by atoms with Crippen LogP contribution in [0.25, 0.3) is 5.69 Å². The highest BCUT2D eigenvalue weighted by Crippen LogP contribution is 2.13. The lowest BCUT2D eigenvalue weighted by atomic mass is 10.3. The second kappa shape index (κ2) is 8.65. The van der Waals surface area contributed by atoms with Crippen LogP contribution >= 0.6 is 45.1 Å². The molecule has 1 aromatic heterocycles. The van der Waals surface area contributed by atoms with Gasteiger partial charge in [-0.3, -0.25) is 4.57 Å². The summed E-state index contributed by atoms with van der Waals surface area (Å²) in [4.78, 5) is 14.2. The second-order valence-electron chi connectivity index (χ2n) is 5.34. The molecule has 0 bridgehead atoms. The van der Waals surface area contributed by atoms with Gasteiger partial charge < -0.3 is 14.5 Å². The zero-order valence-electron chi connectivity index (χ0n) is 14.6. The van der Waals surface area contributed by atoms with E-state index in [9.17, 15) is 0 Å². The van der Waals surface area contributed by atoms with Crippen LogP contribution in [0.15, 0.2) is 34.3 Å². The quantitative estimate of drug-likeness (QED) is 0.557. The van der Waals surface area contributed by atoms with Gasteiger partial charge in [-0.25, -0.2) is 0 Å². The molecule has 6 nitrogen and oxygen atoms in total. The van der Waals surface area contributed by atoms with Crippen molar-refractivity contribution in [3.63, 3.8) is 0 Å². The molecule has 0 radical (unpaired) electrons. The number of methoxy groups -OCH3 is 1. The normalized spacial score (nSPS) is 12.2. The minimum atomic E-state index is 0.498. The highest BCUT2D eigenvalue weighted by Gasteiger charge is 2.08. The van der Waals surface area contributed by atoms with Gasteiger partial charge in [0.15, 0.2) is 10.2 Å².